The number of amides is 1. The molecule has 0 aliphatic carbocycles. The van der Waals surface area contributed by atoms with Crippen LogP contribution in [0.15, 0.2) is 24.3 Å². The van der Waals surface area contributed by atoms with Gasteiger partial charge in [0.2, 0.25) is 0 Å². The highest BCUT2D eigenvalue weighted by Gasteiger charge is 2.25. The second-order valence-electron chi connectivity index (χ2n) is 9.45. The van der Waals surface area contributed by atoms with E-state index in [1.807, 2.05) is 0 Å². The van der Waals surface area contributed by atoms with E-state index in [0.29, 0.717) is 5.56 Å². The van der Waals surface area contributed by atoms with Crippen LogP contribution >= 0.6 is 0 Å². The Morgan fingerprint density at radius 2 is 1.70 bits per heavy atom. The average Bonchev–Trinajstić information content (AvgIpc) is 3.46. The first-order valence-corrected chi connectivity index (χ1v) is 12.8. The molecule has 0 saturated carbocycles. The van der Waals surface area contributed by atoms with Gasteiger partial charge in [0, 0.05) is 61.9 Å². The number of rotatable bonds is 10. The van der Waals surface area contributed by atoms with E-state index in [9.17, 15) is 4.79 Å². The molecule has 2 aliphatic rings. The van der Waals surface area contributed by atoms with Crippen molar-refractivity contribution >= 4 is 11.6 Å². The van der Waals surface area contributed by atoms with Crippen molar-refractivity contribution < 1.29 is 9.53 Å². The summed E-state index contributed by atoms with van der Waals surface area (Å²) in [5.41, 5.74) is 12.3. The van der Waals surface area contributed by atoms with E-state index in [0.717, 1.165) is 95.0 Å². The number of morpholine rings is 1. The number of aromatic nitrogens is 1. The SMILES string of the molecule is CCCCc1c(-c2ccc(N3CCCC3)cc2)c(C(N)=O)c(C)n1CCCN1CCOCC1. The van der Waals surface area contributed by atoms with Crippen molar-refractivity contribution in [3.63, 3.8) is 0 Å². The number of nitrogens with two attached hydrogens (primary N) is 1. The van der Waals surface area contributed by atoms with Crippen molar-refractivity contribution in [2.45, 2.75) is 58.9 Å². The number of unbranched alkanes of at least 4 members (excludes halogenated alkanes) is 1. The van der Waals surface area contributed by atoms with E-state index in [1.165, 1.54) is 24.2 Å². The van der Waals surface area contributed by atoms with Crippen LogP contribution in [0.4, 0.5) is 5.69 Å². The molecule has 33 heavy (non-hydrogen) atoms. The Hall–Kier alpha value is -2.31. The van der Waals surface area contributed by atoms with Gasteiger partial charge in [-0.2, -0.15) is 0 Å². The first-order chi connectivity index (χ1) is 16.1. The van der Waals surface area contributed by atoms with Crippen LogP contribution in [0.5, 0.6) is 0 Å². The Morgan fingerprint density at radius 3 is 2.33 bits per heavy atom. The number of nitrogens with zero attached hydrogens (tertiary/aromatic N) is 3. The number of primary amides is 1. The molecule has 6 nitrogen and oxygen atoms in total. The minimum absolute atomic E-state index is 0.323. The Morgan fingerprint density at radius 1 is 1.00 bits per heavy atom. The fourth-order valence-electron chi connectivity index (χ4n) is 5.41. The topological polar surface area (TPSA) is 63.7 Å². The van der Waals surface area contributed by atoms with E-state index in [2.05, 4.69) is 52.5 Å². The Kier molecular flexibility index (Phi) is 8.10. The summed E-state index contributed by atoms with van der Waals surface area (Å²) in [6.07, 6.45) is 6.77. The van der Waals surface area contributed by atoms with Gasteiger partial charge in [-0.1, -0.05) is 25.5 Å². The molecule has 0 atom stereocenters. The summed E-state index contributed by atoms with van der Waals surface area (Å²) in [6.45, 7) is 12.2. The second kappa shape index (κ2) is 11.2. The quantitative estimate of drug-likeness (QED) is 0.586. The number of benzene rings is 1. The first-order valence-electron chi connectivity index (χ1n) is 12.8. The average molecular weight is 453 g/mol. The summed E-state index contributed by atoms with van der Waals surface area (Å²) in [7, 11) is 0. The molecular weight excluding hydrogens is 412 g/mol. The third-order valence-corrected chi connectivity index (χ3v) is 7.23. The van der Waals surface area contributed by atoms with Gasteiger partial charge in [-0.25, -0.2) is 0 Å². The van der Waals surface area contributed by atoms with Crippen LogP contribution in [0.2, 0.25) is 0 Å². The van der Waals surface area contributed by atoms with Crippen molar-refractivity contribution in [1.82, 2.24) is 9.47 Å². The zero-order valence-corrected chi connectivity index (χ0v) is 20.4. The fraction of sp³-hybridized carbons (Fsp3) is 0.593. The van der Waals surface area contributed by atoms with Crippen LogP contribution < -0.4 is 10.6 Å². The molecule has 2 saturated heterocycles. The van der Waals surface area contributed by atoms with Crippen LogP contribution in [0, 0.1) is 6.92 Å². The van der Waals surface area contributed by atoms with Gasteiger partial charge in [-0.3, -0.25) is 9.69 Å². The van der Waals surface area contributed by atoms with Gasteiger partial charge in [0.15, 0.2) is 0 Å². The maximum atomic E-state index is 12.6. The summed E-state index contributed by atoms with van der Waals surface area (Å²) in [5, 5.41) is 0. The summed E-state index contributed by atoms with van der Waals surface area (Å²) in [4.78, 5) is 17.5. The monoisotopic (exact) mass is 452 g/mol. The minimum Gasteiger partial charge on any atom is -0.379 e. The summed E-state index contributed by atoms with van der Waals surface area (Å²) < 4.78 is 7.86. The molecule has 0 bridgehead atoms. The lowest BCUT2D eigenvalue weighted by atomic mass is 9.97. The maximum absolute atomic E-state index is 12.6. The standard InChI is InChI=1S/C27H40N4O2/c1-3-4-8-24-26(22-9-11-23(12-10-22)30-14-5-6-15-30)25(27(28)32)21(2)31(24)16-7-13-29-17-19-33-20-18-29/h9-12H,3-8,13-20H2,1-2H3,(H2,28,32). The van der Waals surface area contributed by atoms with E-state index < -0.39 is 0 Å². The Balaban J connectivity index is 1.63. The lowest BCUT2D eigenvalue weighted by Gasteiger charge is -2.26. The third kappa shape index (κ3) is 5.44. The van der Waals surface area contributed by atoms with E-state index in [1.54, 1.807) is 0 Å². The molecular formula is C27H40N4O2. The molecule has 3 heterocycles. The molecule has 6 heteroatoms. The highest BCUT2D eigenvalue weighted by molar-refractivity contribution is 6.02. The predicted octanol–water partition coefficient (Wildman–Crippen LogP) is 4.23. The minimum atomic E-state index is -0.323. The van der Waals surface area contributed by atoms with Crippen LogP contribution in [-0.2, 0) is 17.7 Å². The van der Waals surface area contributed by atoms with Gasteiger partial charge in [-0.05, 0) is 56.7 Å². The number of hydrogen-bond donors (Lipinski definition) is 1. The molecule has 1 amide bonds. The number of hydrogen-bond acceptors (Lipinski definition) is 4. The van der Waals surface area contributed by atoms with Gasteiger partial charge < -0.3 is 19.9 Å². The lowest BCUT2D eigenvalue weighted by molar-refractivity contribution is 0.0369. The van der Waals surface area contributed by atoms with Crippen molar-refractivity contribution in [2.24, 2.45) is 5.73 Å². The molecule has 0 unspecified atom stereocenters. The zero-order chi connectivity index (χ0) is 23.2. The fourth-order valence-corrected chi connectivity index (χ4v) is 5.41. The van der Waals surface area contributed by atoms with Gasteiger partial charge in [0.05, 0.1) is 18.8 Å². The smallest absolute Gasteiger partial charge is 0.251 e. The van der Waals surface area contributed by atoms with E-state index in [-0.39, 0.29) is 5.91 Å². The first kappa shape index (κ1) is 23.8. The van der Waals surface area contributed by atoms with Crippen LogP contribution in [0.1, 0.15) is 60.8 Å². The molecule has 2 N–H and O–H groups in total. The van der Waals surface area contributed by atoms with Crippen LogP contribution in [0.25, 0.3) is 11.1 Å². The van der Waals surface area contributed by atoms with Crippen molar-refractivity contribution in [3.05, 3.63) is 41.2 Å². The molecule has 2 aliphatic heterocycles. The lowest BCUT2D eigenvalue weighted by Crippen LogP contribution is -2.37. The number of anilines is 1. The van der Waals surface area contributed by atoms with Gasteiger partial charge in [0.1, 0.15) is 0 Å². The Bertz CT molecular complexity index is 923. The third-order valence-electron chi connectivity index (χ3n) is 7.23. The molecule has 0 radical (unpaired) electrons. The molecule has 2 aromatic rings. The molecule has 1 aromatic heterocycles. The predicted molar refractivity (Wildman–Crippen MR) is 135 cm³/mol. The molecule has 1 aromatic carbocycles. The zero-order valence-electron chi connectivity index (χ0n) is 20.4. The van der Waals surface area contributed by atoms with Gasteiger partial charge in [-0.15, -0.1) is 0 Å². The van der Waals surface area contributed by atoms with Crippen molar-refractivity contribution in [1.29, 1.82) is 0 Å². The Labute approximate surface area is 198 Å². The van der Waals surface area contributed by atoms with Crippen molar-refractivity contribution in [3.8, 4) is 11.1 Å². The van der Waals surface area contributed by atoms with Crippen LogP contribution in [0.3, 0.4) is 0 Å². The normalized spacial score (nSPS) is 17.1. The maximum Gasteiger partial charge on any atom is 0.251 e. The summed E-state index contributed by atoms with van der Waals surface area (Å²) >= 11 is 0. The van der Waals surface area contributed by atoms with Crippen molar-refractivity contribution in [2.75, 3.05) is 50.8 Å². The summed E-state index contributed by atoms with van der Waals surface area (Å²) in [6, 6.07) is 8.78. The number of carbonyl (C=O) groups is 1. The number of carbonyl (C=O) groups excluding carboxylic acids is 1. The molecule has 0 spiro atoms. The largest absolute Gasteiger partial charge is 0.379 e. The summed E-state index contributed by atoms with van der Waals surface area (Å²) in [5.74, 6) is -0.323. The second-order valence-corrected chi connectivity index (χ2v) is 9.45. The molecule has 2 fully saturated rings. The highest BCUT2D eigenvalue weighted by atomic mass is 16.5. The van der Waals surface area contributed by atoms with E-state index in [4.69, 9.17) is 10.5 Å². The van der Waals surface area contributed by atoms with Gasteiger partial charge >= 0.3 is 0 Å². The molecule has 180 valence electrons. The van der Waals surface area contributed by atoms with E-state index >= 15 is 0 Å². The molecule has 4 rings (SSSR count). The van der Waals surface area contributed by atoms with Gasteiger partial charge in [0.25, 0.3) is 5.91 Å². The highest BCUT2D eigenvalue weighted by Crippen LogP contribution is 2.35. The van der Waals surface area contributed by atoms with Crippen LogP contribution in [-0.4, -0.2) is 61.3 Å². The number of ether oxygens (including phenoxy) is 1.